The number of thioether (sulfide) groups is 1. The topological polar surface area (TPSA) is 625 Å². The van der Waals surface area contributed by atoms with Crippen LogP contribution in [0.5, 0.6) is 0 Å². The molecule has 3 rings (SSSR count). The van der Waals surface area contributed by atoms with E-state index in [-0.39, 0.29) is 94.1 Å². The summed E-state index contributed by atoms with van der Waals surface area (Å²) in [6, 6.07) is 17.6. The van der Waals surface area contributed by atoms with Gasteiger partial charge in [-0.1, -0.05) is 115 Å². The second-order valence-corrected chi connectivity index (χ2v) is 25.8. The maximum Gasteiger partial charge on any atom is 0.488 e. The van der Waals surface area contributed by atoms with Crippen molar-refractivity contribution in [1.29, 1.82) is 0 Å². The zero-order valence-electron chi connectivity index (χ0n) is 65.2. The van der Waals surface area contributed by atoms with Gasteiger partial charge in [-0.3, -0.25) is 58.1 Å². The number of carbonyl (C=O) groups excluding carboxylic acids is 10. The van der Waals surface area contributed by atoms with Gasteiger partial charge in [-0.05, 0) is 119 Å². The van der Waals surface area contributed by atoms with Crippen LogP contribution in [0.25, 0.3) is 0 Å². The number of nitrogens with two attached hydrogens (primary N) is 10. The SMILES string of the molecule is CC(N)=O.CC(N)=O.CC(N)=O.CC(N)=O.CC(N)=O.CCC(=O)[C@H](CS(=O)O)NC.CCC(=O)[C@H](CSSC[C@H](NC)C(=O)CC)NC.CCC(=O)[C@H](CSSc1ccc([N+](=O)[O-])cn1)NC.CCC(=O)[C@H](CSc1ccc(C)cc1)NC.CN.CN.CN.CN.CN.Cc1ccc(B(O)O)cc1. The van der Waals surface area contributed by atoms with Crippen molar-refractivity contribution >= 4 is 143 Å². The van der Waals surface area contributed by atoms with Crippen molar-refractivity contribution in [2.24, 2.45) is 57.3 Å². The number of nitro groups is 1. The highest BCUT2D eigenvalue weighted by Crippen LogP contribution is 2.31. The Morgan fingerprint density at radius 2 is 0.731 bits per heavy atom. The number of carbonyl (C=O) groups is 10. The number of likely N-dealkylation sites (N-methyl/N-ethyl adjacent to an activating group) is 5. The summed E-state index contributed by atoms with van der Waals surface area (Å²) in [7, 11) is 21.2. The molecule has 1 unspecified atom stereocenters. The molecule has 40 heteroatoms. The van der Waals surface area contributed by atoms with Crippen molar-refractivity contribution in [3.05, 3.63) is 88.1 Å². The number of rotatable bonds is 31. The van der Waals surface area contributed by atoms with Crippen molar-refractivity contribution in [3.8, 4) is 0 Å². The van der Waals surface area contributed by atoms with E-state index in [1.54, 1.807) is 86.7 Å². The van der Waals surface area contributed by atoms with Gasteiger partial charge in [-0.25, -0.2) is 9.19 Å². The first-order chi connectivity index (χ1) is 48.8. The smallest absolute Gasteiger partial charge is 0.423 e. The molecule has 0 fully saturated rings. The molecule has 28 N–H and O–H groups in total. The van der Waals surface area contributed by atoms with Crippen LogP contribution in [0.15, 0.2) is 76.8 Å². The predicted molar refractivity (Wildman–Crippen MR) is 438 cm³/mol. The first kappa shape index (κ1) is 125. The van der Waals surface area contributed by atoms with Crippen LogP contribution in [0.4, 0.5) is 5.69 Å². The minimum atomic E-state index is -1.90. The molecule has 1 aromatic heterocycles. The second kappa shape index (κ2) is 93.2. The first-order valence-corrected chi connectivity index (χ1v) is 38.9. The van der Waals surface area contributed by atoms with Gasteiger partial charge >= 0.3 is 7.12 Å². The lowest BCUT2D eigenvalue weighted by Crippen LogP contribution is -2.38. The van der Waals surface area contributed by atoms with Gasteiger partial charge in [0, 0.05) is 101 Å². The molecule has 0 bridgehead atoms. The molecule has 6 atom stereocenters. The highest BCUT2D eigenvalue weighted by Gasteiger charge is 2.19. The summed E-state index contributed by atoms with van der Waals surface area (Å²) in [4.78, 5) is 118. The average Bonchev–Trinajstić information content (AvgIpc) is 0.922. The van der Waals surface area contributed by atoms with Gasteiger partial charge in [0.25, 0.3) is 5.69 Å². The molecule has 2 aromatic carbocycles. The van der Waals surface area contributed by atoms with Gasteiger partial charge in [0.2, 0.25) is 29.5 Å². The number of nitrogens with zero attached hydrogens (tertiary/aromatic N) is 2. The maximum absolute atomic E-state index is 11.5. The number of hydrogen-bond donors (Lipinski definition) is 18. The molecule has 0 aliphatic rings. The van der Waals surface area contributed by atoms with Crippen molar-refractivity contribution in [1.82, 2.24) is 31.6 Å². The predicted octanol–water partition coefficient (Wildman–Crippen LogP) is 1.24. The molecule has 3 aromatic rings. The number of pyridine rings is 1. The van der Waals surface area contributed by atoms with Crippen LogP contribution >= 0.6 is 54.9 Å². The second-order valence-electron chi connectivity index (χ2n) is 18.8. The molecule has 606 valence electrons. The van der Waals surface area contributed by atoms with Crippen molar-refractivity contribution in [2.45, 2.75) is 155 Å². The number of amides is 5. The zero-order valence-corrected chi connectivity index (χ0v) is 70.1. The molecule has 0 saturated carbocycles. The number of primary amides is 5. The molecular weight excluding hydrogens is 1470 g/mol. The Kier molecular flexibility index (Phi) is 112. The monoisotopic (exact) mass is 1600 g/mol. The summed E-state index contributed by atoms with van der Waals surface area (Å²) in [5.41, 5.74) is 47.7. The van der Waals surface area contributed by atoms with Crippen LogP contribution in [0, 0.1) is 24.0 Å². The molecule has 0 spiro atoms. The summed E-state index contributed by atoms with van der Waals surface area (Å²) in [6.07, 6.45) is 3.85. The lowest BCUT2D eigenvalue weighted by Gasteiger charge is -2.15. The summed E-state index contributed by atoms with van der Waals surface area (Å²) < 4.78 is 18.8. The van der Waals surface area contributed by atoms with Crippen molar-refractivity contribution < 1.29 is 71.7 Å². The fourth-order valence-electron chi connectivity index (χ4n) is 5.54. The van der Waals surface area contributed by atoms with Gasteiger partial charge in [-0.2, -0.15) is 0 Å². The fraction of sp³-hybridized carbons (Fsp3) is 0.578. The molecule has 0 aliphatic heterocycles. The van der Waals surface area contributed by atoms with Gasteiger partial charge in [0.15, 0.2) is 11.1 Å². The lowest BCUT2D eigenvalue weighted by molar-refractivity contribution is -0.385. The highest BCUT2D eigenvalue weighted by atomic mass is 33.1. The molecule has 0 saturated heterocycles. The third-order valence-corrected chi connectivity index (χ3v) is 16.8. The van der Waals surface area contributed by atoms with Crippen LogP contribution in [0.3, 0.4) is 0 Å². The van der Waals surface area contributed by atoms with E-state index in [2.05, 4.69) is 120 Å². The molecule has 104 heavy (non-hydrogen) atoms. The van der Waals surface area contributed by atoms with E-state index in [1.165, 1.54) is 114 Å². The zero-order chi connectivity index (χ0) is 84.5. The maximum atomic E-state index is 11.5. The van der Waals surface area contributed by atoms with Crippen LogP contribution in [0.2, 0.25) is 0 Å². The van der Waals surface area contributed by atoms with E-state index in [4.69, 9.17) is 14.6 Å². The van der Waals surface area contributed by atoms with E-state index in [9.17, 15) is 62.3 Å². The summed E-state index contributed by atoms with van der Waals surface area (Å²) in [5.74, 6) is 2.11. The van der Waals surface area contributed by atoms with Crippen LogP contribution in [0.1, 0.15) is 112 Å². The Labute approximate surface area is 642 Å². The minimum Gasteiger partial charge on any atom is -0.423 e. The number of aryl methyl sites for hydroxylation is 2. The number of ketones is 5. The summed E-state index contributed by atoms with van der Waals surface area (Å²) in [6.45, 7) is 19.8. The van der Waals surface area contributed by atoms with Crippen LogP contribution in [-0.4, -0.2) is 224 Å². The summed E-state index contributed by atoms with van der Waals surface area (Å²) >= 11 is -0.179. The Hall–Kier alpha value is -5.87. The van der Waals surface area contributed by atoms with E-state index in [0.717, 1.165) is 22.8 Å². The molecular formula is C64H130BN17O16S6. The van der Waals surface area contributed by atoms with Crippen molar-refractivity contribution in [3.63, 3.8) is 0 Å². The number of hydrogen-bond acceptors (Lipinski definition) is 31. The third-order valence-electron chi connectivity index (χ3n) is 10.4. The molecule has 5 amide bonds. The Bertz CT molecular complexity index is 2510. The van der Waals surface area contributed by atoms with Gasteiger partial charge in [0.1, 0.15) is 40.1 Å². The largest absolute Gasteiger partial charge is 0.488 e. The van der Waals surface area contributed by atoms with E-state index < -0.39 is 29.2 Å². The van der Waals surface area contributed by atoms with E-state index in [1.807, 2.05) is 53.8 Å². The van der Waals surface area contributed by atoms with E-state index >= 15 is 0 Å². The Morgan fingerprint density at radius 3 is 0.962 bits per heavy atom. The van der Waals surface area contributed by atoms with Crippen LogP contribution < -0.4 is 89.4 Å². The number of nitrogens with one attached hydrogen (secondary N) is 5. The van der Waals surface area contributed by atoms with Gasteiger partial charge in [0.05, 0.1) is 40.9 Å². The minimum absolute atomic E-state index is 0.0244. The standard InChI is InChI=1S/C13H19NOS.C12H24N2O2S2.C11H15N3O3S2.C7H9BO2.C6H13NO3S.5C2H5NO.5CH5N/c1-4-13(15)12(14-3)9-16-11-7-5-10(2)6-8-11;1-5-11(15)9(13-3)7-17-18-8-10(14-4)12(16)6-2;1-3-10(15)9(12-2)7-18-19-11-5-4-8(6-13-11)14(16)17;1-6-2-4-7(5-3-6)8(9)10;1-3-6(8)5(7-2)4-11(9)10;5*1-2(3)4;5*1-2/h5-8,12,14H,4,9H2,1-3H3;9-10,13-14H,5-8H2,1-4H3;4-6,9,12H,3,7H2,1-2H3;2-5,9-10H,1H3;5,7H,3-4H2,1-2H3,(H,9,10);5*1H3,(H2,3,4);5*2H2,1H3/t12-;9-,10-;9-;;5-;;;;;;;;;;/m000.0........../s1. The molecule has 0 aliphatic carbocycles. The lowest BCUT2D eigenvalue weighted by atomic mass is 9.80. The Balaban J connectivity index is -0.0000000935. The Morgan fingerprint density at radius 1 is 0.471 bits per heavy atom. The van der Waals surface area contributed by atoms with Crippen LogP contribution in [-0.2, 0) is 59.0 Å². The number of benzene rings is 2. The van der Waals surface area contributed by atoms with Gasteiger partial charge in [-0.15, -0.1) is 11.8 Å². The van der Waals surface area contributed by atoms with Gasteiger partial charge < -0.3 is 98.5 Å². The highest BCUT2D eigenvalue weighted by molar-refractivity contribution is 8.77. The molecule has 1 heterocycles. The first-order valence-electron chi connectivity index (χ1n) is 31.9. The number of aromatic nitrogens is 1. The summed E-state index contributed by atoms with van der Waals surface area (Å²) in [5, 5.41) is 43.3. The molecule has 33 nitrogen and oxygen atoms in total. The van der Waals surface area contributed by atoms with E-state index in [0.29, 0.717) is 48.3 Å². The third kappa shape index (κ3) is 98.2. The fourth-order valence-corrected chi connectivity index (χ4v) is 11.9. The normalized spacial score (nSPS) is 10.7. The quantitative estimate of drug-likeness (QED) is 0.00819. The molecule has 0 radical (unpaired) electrons. The number of Topliss-reactive ketones (excluding diaryl/α,β-unsaturated/α-hetero) is 5. The average molecular weight is 1600 g/mol. The van der Waals surface area contributed by atoms with Crippen molar-refractivity contribution in [2.75, 3.05) is 99.2 Å².